The zero-order chi connectivity index (χ0) is 23.2. The van der Waals surface area contributed by atoms with Gasteiger partial charge in [0, 0.05) is 42.7 Å². The molecule has 33 heavy (non-hydrogen) atoms. The van der Waals surface area contributed by atoms with E-state index in [1.165, 1.54) is 23.9 Å². The molecule has 0 aliphatic carbocycles. The van der Waals surface area contributed by atoms with Gasteiger partial charge >= 0.3 is 0 Å². The lowest BCUT2D eigenvalue weighted by molar-refractivity contribution is 0.0747. The van der Waals surface area contributed by atoms with Gasteiger partial charge in [-0.1, -0.05) is 23.4 Å². The van der Waals surface area contributed by atoms with E-state index < -0.39 is 9.84 Å². The molecule has 3 aliphatic heterocycles. The van der Waals surface area contributed by atoms with Crippen LogP contribution in [0.3, 0.4) is 0 Å². The molecule has 3 aliphatic rings. The Morgan fingerprint density at radius 3 is 2.52 bits per heavy atom. The van der Waals surface area contributed by atoms with Gasteiger partial charge in [0.25, 0.3) is 5.91 Å². The van der Waals surface area contributed by atoms with Crippen LogP contribution in [0.25, 0.3) is 0 Å². The molecule has 0 radical (unpaired) electrons. The van der Waals surface area contributed by atoms with Crippen molar-refractivity contribution in [2.45, 2.75) is 11.3 Å². The number of nitrogens with zero attached hydrogens (tertiary/aromatic N) is 3. The highest BCUT2D eigenvalue weighted by molar-refractivity contribution is 8.15. The van der Waals surface area contributed by atoms with E-state index in [4.69, 9.17) is 11.6 Å². The Kier molecular flexibility index (Phi) is 6.00. The van der Waals surface area contributed by atoms with Gasteiger partial charge in [0.05, 0.1) is 28.3 Å². The lowest BCUT2D eigenvalue weighted by Gasteiger charge is -2.36. The predicted octanol–water partition coefficient (Wildman–Crippen LogP) is 3.12. The van der Waals surface area contributed by atoms with Gasteiger partial charge < -0.3 is 15.1 Å². The molecule has 7 nitrogen and oxygen atoms in total. The third kappa shape index (κ3) is 4.83. The number of nitrogens with one attached hydrogen (secondary N) is 1. The first-order valence-electron chi connectivity index (χ1n) is 10.6. The number of aliphatic imine (C=N–C) groups is 1. The van der Waals surface area contributed by atoms with Crippen LogP contribution in [0.2, 0.25) is 5.02 Å². The van der Waals surface area contributed by atoms with E-state index in [1.54, 1.807) is 35.2 Å². The number of thioether (sulfide) groups is 1. The van der Waals surface area contributed by atoms with Crippen LogP contribution in [-0.2, 0) is 9.84 Å². The van der Waals surface area contributed by atoms with E-state index in [-0.39, 0.29) is 34.5 Å². The standard InChI is InChI=1S/C22H22ClFN4O3S2/c23-17-6-1-14(11-18(17)25-22-26-19-12-33(30,31)13-20(19)32-22)21(29)28-9-7-27(8-10-28)16-4-2-15(24)3-5-16/h1-6,11,19-20H,7-10,12-13H2,(H,25,26)/t19-,20+/m0/s1. The number of amides is 1. The number of carbonyl (C=O) groups is 1. The lowest BCUT2D eigenvalue weighted by atomic mass is 10.1. The second kappa shape index (κ2) is 8.81. The van der Waals surface area contributed by atoms with E-state index in [0.717, 1.165) is 5.69 Å². The van der Waals surface area contributed by atoms with Gasteiger partial charge in [-0.05, 0) is 42.5 Å². The maximum absolute atomic E-state index is 13.2. The fourth-order valence-electron chi connectivity index (χ4n) is 4.29. The number of anilines is 2. The molecule has 3 heterocycles. The van der Waals surface area contributed by atoms with E-state index in [0.29, 0.717) is 47.6 Å². The van der Waals surface area contributed by atoms with Gasteiger partial charge in [-0.15, -0.1) is 0 Å². The zero-order valence-corrected chi connectivity index (χ0v) is 20.0. The molecule has 174 valence electrons. The molecule has 2 aromatic rings. The van der Waals surface area contributed by atoms with Crippen molar-refractivity contribution in [3.8, 4) is 0 Å². The summed E-state index contributed by atoms with van der Waals surface area (Å²) in [6.07, 6.45) is 0. The van der Waals surface area contributed by atoms with Crippen LogP contribution in [0.4, 0.5) is 15.8 Å². The number of rotatable bonds is 3. The summed E-state index contributed by atoms with van der Waals surface area (Å²) in [4.78, 5) is 21.5. The molecular formula is C22H22ClFN4O3S2. The molecule has 2 saturated heterocycles. The number of hydrogen-bond acceptors (Lipinski definition) is 7. The van der Waals surface area contributed by atoms with Crippen molar-refractivity contribution in [2.75, 3.05) is 47.9 Å². The first-order chi connectivity index (χ1) is 15.8. The minimum atomic E-state index is -3.02. The van der Waals surface area contributed by atoms with Crippen LogP contribution in [0.1, 0.15) is 10.4 Å². The van der Waals surface area contributed by atoms with Crippen LogP contribution < -0.4 is 10.2 Å². The third-order valence-electron chi connectivity index (χ3n) is 6.03. The summed E-state index contributed by atoms with van der Waals surface area (Å²) >= 11 is 7.75. The lowest BCUT2D eigenvalue weighted by Crippen LogP contribution is -2.48. The van der Waals surface area contributed by atoms with Crippen LogP contribution in [0.15, 0.2) is 47.5 Å². The molecule has 0 aromatic heterocycles. The van der Waals surface area contributed by atoms with Crippen molar-refractivity contribution in [3.05, 3.63) is 58.9 Å². The molecule has 1 N–H and O–H groups in total. The summed E-state index contributed by atoms with van der Waals surface area (Å²) < 4.78 is 36.7. The Balaban J connectivity index is 1.24. The zero-order valence-electron chi connectivity index (χ0n) is 17.6. The smallest absolute Gasteiger partial charge is 0.254 e. The van der Waals surface area contributed by atoms with Crippen molar-refractivity contribution >= 4 is 55.6 Å². The minimum absolute atomic E-state index is 0.0708. The van der Waals surface area contributed by atoms with Crippen molar-refractivity contribution in [3.63, 3.8) is 0 Å². The summed E-state index contributed by atoms with van der Waals surface area (Å²) in [5, 5.41) is 4.19. The number of fused-ring (bicyclic) bond motifs is 1. The van der Waals surface area contributed by atoms with E-state index in [9.17, 15) is 17.6 Å². The molecule has 2 fully saturated rings. The van der Waals surface area contributed by atoms with Gasteiger partial charge in [-0.25, -0.2) is 12.8 Å². The van der Waals surface area contributed by atoms with Crippen molar-refractivity contribution in [1.82, 2.24) is 4.90 Å². The highest BCUT2D eigenvalue weighted by Crippen LogP contribution is 2.35. The number of sulfone groups is 1. The summed E-state index contributed by atoms with van der Waals surface area (Å²) in [7, 11) is -3.02. The van der Waals surface area contributed by atoms with Crippen molar-refractivity contribution in [2.24, 2.45) is 4.99 Å². The Bertz CT molecular complexity index is 1210. The van der Waals surface area contributed by atoms with Gasteiger partial charge in [0.15, 0.2) is 15.0 Å². The van der Waals surface area contributed by atoms with Crippen LogP contribution in [0, 0.1) is 5.82 Å². The number of piperazine rings is 1. The maximum Gasteiger partial charge on any atom is 0.254 e. The first kappa shape index (κ1) is 22.5. The van der Waals surface area contributed by atoms with Crippen LogP contribution in [0.5, 0.6) is 0 Å². The van der Waals surface area contributed by atoms with Crippen LogP contribution in [-0.4, -0.2) is 73.4 Å². The quantitative estimate of drug-likeness (QED) is 0.686. The van der Waals surface area contributed by atoms with Crippen LogP contribution >= 0.6 is 23.4 Å². The fourth-order valence-corrected chi connectivity index (χ4v) is 8.12. The number of hydrogen-bond donors (Lipinski definition) is 1. The molecular weight excluding hydrogens is 487 g/mol. The number of carbonyl (C=O) groups excluding carboxylic acids is 1. The normalized spacial score (nSPS) is 23.9. The second-order valence-electron chi connectivity index (χ2n) is 8.31. The summed E-state index contributed by atoms with van der Waals surface area (Å²) in [5.74, 6) is -0.147. The first-order valence-corrected chi connectivity index (χ1v) is 13.7. The van der Waals surface area contributed by atoms with Crippen molar-refractivity contribution in [1.29, 1.82) is 0 Å². The average Bonchev–Trinajstić information content (AvgIpc) is 3.28. The topological polar surface area (TPSA) is 82.1 Å². The Labute approximate surface area is 200 Å². The Morgan fingerprint density at radius 2 is 1.82 bits per heavy atom. The van der Waals surface area contributed by atoms with E-state index >= 15 is 0 Å². The minimum Gasteiger partial charge on any atom is -0.368 e. The predicted molar refractivity (Wildman–Crippen MR) is 131 cm³/mol. The molecule has 0 saturated carbocycles. The Hall–Kier alpha value is -2.30. The molecule has 2 aromatic carbocycles. The average molecular weight is 509 g/mol. The maximum atomic E-state index is 13.2. The third-order valence-corrected chi connectivity index (χ3v) is 9.50. The molecule has 11 heteroatoms. The molecule has 0 bridgehead atoms. The van der Waals surface area contributed by atoms with Gasteiger partial charge in [-0.2, -0.15) is 0 Å². The second-order valence-corrected chi connectivity index (χ2v) is 12.1. The molecule has 2 atom stereocenters. The summed E-state index contributed by atoms with van der Waals surface area (Å²) in [6, 6.07) is 11.2. The SMILES string of the molecule is O=C(c1ccc(Cl)c(NC2=N[C@H]3CS(=O)(=O)C[C@H]3S2)c1)N1CCN(c2ccc(F)cc2)CC1. The van der Waals surface area contributed by atoms with E-state index in [1.807, 2.05) is 0 Å². The number of amidine groups is 1. The molecule has 0 spiro atoms. The monoisotopic (exact) mass is 508 g/mol. The fraction of sp³-hybridized carbons (Fsp3) is 0.364. The summed E-state index contributed by atoms with van der Waals surface area (Å²) in [6.45, 7) is 2.44. The van der Waals surface area contributed by atoms with Gasteiger partial charge in [0.2, 0.25) is 0 Å². The highest BCUT2D eigenvalue weighted by Gasteiger charge is 2.42. The van der Waals surface area contributed by atoms with Crippen molar-refractivity contribution < 1.29 is 17.6 Å². The number of halogens is 2. The Morgan fingerprint density at radius 1 is 1.09 bits per heavy atom. The number of benzene rings is 2. The molecule has 1 amide bonds. The molecule has 5 rings (SSSR count). The molecule has 0 unspecified atom stereocenters. The largest absolute Gasteiger partial charge is 0.368 e. The van der Waals surface area contributed by atoms with E-state index in [2.05, 4.69) is 15.2 Å². The van der Waals surface area contributed by atoms with Gasteiger partial charge in [0.1, 0.15) is 5.82 Å². The summed E-state index contributed by atoms with van der Waals surface area (Å²) in [5.41, 5.74) is 2.03. The highest BCUT2D eigenvalue weighted by atomic mass is 35.5. The van der Waals surface area contributed by atoms with Gasteiger partial charge in [-0.3, -0.25) is 9.79 Å².